The second-order valence-corrected chi connectivity index (χ2v) is 4.79. The molecular formula is C11H11BrN4. The molecule has 16 heavy (non-hydrogen) atoms. The fourth-order valence-corrected chi connectivity index (χ4v) is 2.05. The van der Waals surface area contributed by atoms with Crippen molar-refractivity contribution < 1.29 is 0 Å². The molecule has 0 radical (unpaired) electrons. The van der Waals surface area contributed by atoms with Crippen molar-refractivity contribution in [1.29, 1.82) is 0 Å². The Morgan fingerprint density at radius 1 is 1.38 bits per heavy atom. The molecule has 3 heterocycles. The number of nitrogens with zero attached hydrogens (tertiary/aromatic N) is 2. The van der Waals surface area contributed by atoms with Crippen LogP contribution in [0.1, 0.15) is 0 Å². The van der Waals surface area contributed by atoms with Crippen LogP contribution in [0.5, 0.6) is 0 Å². The lowest BCUT2D eigenvalue weighted by molar-refractivity contribution is 0.472. The number of nitrogens with one attached hydrogen (secondary N) is 2. The van der Waals surface area contributed by atoms with E-state index in [2.05, 4.69) is 36.5 Å². The van der Waals surface area contributed by atoms with Gasteiger partial charge in [-0.25, -0.2) is 0 Å². The Morgan fingerprint density at radius 3 is 3.00 bits per heavy atom. The van der Waals surface area contributed by atoms with Crippen LogP contribution >= 0.6 is 15.9 Å². The topological polar surface area (TPSA) is 49.8 Å². The van der Waals surface area contributed by atoms with Crippen molar-refractivity contribution in [3.63, 3.8) is 0 Å². The molecule has 4 nitrogen and oxygen atoms in total. The molecular weight excluding hydrogens is 268 g/mol. The summed E-state index contributed by atoms with van der Waals surface area (Å²) in [6, 6.07) is 4.46. The van der Waals surface area contributed by atoms with Crippen molar-refractivity contribution in [2.75, 3.05) is 18.4 Å². The molecule has 0 spiro atoms. The Morgan fingerprint density at radius 2 is 2.25 bits per heavy atom. The van der Waals surface area contributed by atoms with Crippen molar-refractivity contribution in [2.24, 2.45) is 0 Å². The standard InChI is InChI=1S/C11H11BrN4/c12-7-3-10-11(15-4-7)9(1-2-14-10)16-8-5-13-6-8/h1-4,8,13H,5-6H2,(H,14,16). The molecule has 0 saturated carbocycles. The zero-order valence-corrected chi connectivity index (χ0v) is 10.2. The predicted octanol–water partition coefficient (Wildman–Crippen LogP) is 1.78. The van der Waals surface area contributed by atoms with E-state index < -0.39 is 0 Å². The summed E-state index contributed by atoms with van der Waals surface area (Å²) in [5, 5.41) is 6.69. The molecule has 2 aromatic heterocycles. The van der Waals surface area contributed by atoms with Gasteiger partial charge >= 0.3 is 0 Å². The molecule has 5 heteroatoms. The second-order valence-electron chi connectivity index (χ2n) is 3.88. The number of aromatic nitrogens is 2. The van der Waals surface area contributed by atoms with Gasteiger partial charge in [-0.2, -0.15) is 0 Å². The van der Waals surface area contributed by atoms with Gasteiger partial charge in [-0.05, 0) is 28.1 Å². The minimum absolute atomic E-state index is 0.510. The second kappa shape index (κ2) is 3.99. The van der Waals surface area contributed by atoms with E-state index in [4.69, 9.17) is 0 Å². The Kier molecular flexibility index (Phi) is 2.49. The third kappa shape index (κ3) is 1.76. The minimum Gasteiger partial charge on any atom is -0.378 e. The van der Waals surface area contributed by atoms with Crippen LogP contribution in [0.15, 0.2) is 29.0 Å². The summed E-state index contributed by atoms with van der Waals surface area (Å²) in [7, 11) is 0. The highest BCUT2D eigenvalue weighted by Crippen LogP contribution is 2.22. The first kappa shape index (κ1) is 9.99. The van der Waals surface area contributed by atoms with Crippen LogP contribution in [-0.4, -0.2) is 29.1 Å². The molecule has 2 N–H and O–H groups in total. The Bertz CT molecular complexity index is 524. The summed E-state index contributed by atoms with van der Waals surface area (Å²) in [6.45, 7) is 2.03. The smallest absolute Gasteiger partial charge is 0.112 e. The molecule has 0 amide bonds. The van der Waals surface area contributed by atoms with Crippen LogP contribution in [0.4, 0.5) is 5.69 Å². The quantitative estimate of drug-likeness (QED) is 0.879. The van der Waals surface area contributed by atoms with Crippen molar-refractivity contribution in [3.05, 3.63) is 29.0 Å². The van der Waals surface area contributed by atoms with E-state index >= 15 is 0 Å². The number of rotatable bonds is 2. The van der Waals surface area contributed by atoms with Gasteiger partial charge in [-0.15, -0.1) is 0 Å². The summed E-state index contributed by atoms with van der Waals surface area (Å²) in [5.74, 6) is 0. The first-order chi connectivity index (χ1) is 7.83. The molecule has 0 unspecified atom stereocenters. The van der Waals surface area contributed by atoms with Gasteiger partial charge in [0.1, 0.15) is 5.52 Å². The van der Waals surface area contributed by atoms with Crippen LogP contribution in [-0.2, 0) is 0 Å². The third-order valence-electron chi connectivity index (χ3n) is 2.69. The largest absolute Gasteiger partial charge is 0.378 e. The minimum atomic E-state index is 0.510. The van der Waals surface area contributed by atoms with Gasteiger partial charge in [-0.1, -0.05) is 0 Å². The van der Waals surface area contributed by atoms with Crippen molar-refractivity contribution in [3.8, 4) is 0 Å². The lowest BCUT2D eigenvalue weighted by Gasteiger charge is -2.29. The average Bonchev–Trinajstić information content (AvgIpc) is 2.23. The van der Waals surface area contributed by atoms with Crippen LogP contribution in [0, 0.1) is 0 Å². The van der Waals surface area contributed by atoms with Gasteiger partial charge in [0.2, 0.25) is 0 Å². The normalized spacial score (nSPS) is 16.1. The van der Waals surface area contributed by atoms with E-state index in [1.807, 2.05) is 18.3 Å². The van der Waals surface area contributed by atoms with Crippen LogP contribution in [0.25, 0.3) is 11.0 Å². The van der Waals surface area contributed by atoms with Crippen molar-refractivity contribution >= 4 is 32.7 Å². The fourth-order valence-electron chi connectivity index (χ4n) is 1.73. The molecule has 1 fully saturated rings. The Balaban J connectivity index is 2.02. The van der Waals surface area contributed by atoms with Crippen LogP contribution in [0.3, 0.4) is 0 Å². The first-order valence-electron chi connectivity index (χ1n) is 5.20. The summed E-state index contributed by atoms with van der Waals surface area (Å²) < 4.78 is 0.954. The molecule has 0 aromatic carbocycles. The maximum atomic E-state index is 4.40. The monoisotopic (exact) mass is 278 g/mol. The molecule has 0 aliphatic carbocycles. The molecule has 0 bridgehead atoms. The van der Waals surface area contributed by atoms with E-state index in [9.17, 15) is 0 Å². The predicted molar refractivity (Wildman–Crippen MR) is 67.5 cm³/mol. The summed E-state index contributed by atoms with van der Waals surface area (Å²) in [4.78, 5) is 8.71. The lowest BCUT2D eigenvalue weighted by atomic mass is 10.1. The number of hydrogen-bond donors (Lipinski definition) is 2. The molecule has 1 aliphatic heterocycles. The zero-order chi connectivity index (χ0) is 11.0. The first-order valence-corrected chi connectivity index (χ1v) is 6.00. The maximum absolute atomic E-state index is 4.40. The van der Waals surface area contributed by atoms with E-state index in [1.54, 1.807) is 6.20 Å². The molecule has 82 valence electrons. The number of halogens is 1. The molecule has 3 rings (SSSR count). The number of hydrogen-bond acceptors (Lipinski definition) is 4. The van der Waals surface area contributed by atoms with E-state index in [0.29, 0.717) is 6.04 Å². The van der Waals surface area contributed by atoms with Gasteiger partial charge < -0.3 is 10.6 Å². The van der Waals surface area contributed by atoms with Crippen LogP contribution < -0.4 is 10.6 Å². The number of fused-ring (bicyclic) bond motifs is 1. The van der Waals surface area contributed by atoms with Crippen molar-refractivity contribution in [2.45, 2.75) is 6.04 Å². The van der Waals surface area contributed by atoms with E-state index in [-0.39, 0.29) is 0 Å². The molecule has 2 aromatic rings. The fraction of sp³-hybridized carbons (Fsp3) is 0.273. The Hall–Kier alpha value is -1.20. The highest BCUT2D eigenvalue weighted by Gasteiger charge is 2.17. The zero-order valence-electron chi connectivity index (χ0n) is 8.57. The Labute approximate surface area is 102 Å². The molecule has 0 atom stereocenters. The highest BCUT2D eigenvalue weighted by atomic mass is 79.9. The lowest BCUT2D eigenvalue weighted by Crippen LogP contribution is -2.51. The number of pyridine rings is 2. The van der Waals surface area contributed by atoms with Gasteiger partial charge in [0, 0.05) is 30.0 Å². The van der Waals surface area contributed by atoms with Gasteiger partial charge in [0.25, 0.3) is 0 Å². The van der Waals surface area contributed by atoms with Gasteiger partial charge in [-0.3, -0.25) is 9.97 Å². The van der Waals surface area contributed by atoms with Gasteiger partial charge in [0.15, 0.2) is 0 Å². The molecule has 1 saturated heterocycles. The molecule has 1 aliphatic rings. The van der Waals surface area contributed by atoms with E-state index in [1.165, 1.54) is 0 Å². The maximum Gasteiger partial charge on any atom is 0.112 e. The van der Waals surface area contributed by atoms with Gasteiger partial charge in [0.05, 0.1) is 17.2 Å². The number of anilines is 1. The van der Waals surface area contributed by atoms with E-state index in [0.717, 1.165) is 34.3 Å². The summed E-state index contributed by atoms with van der Waals surface area (Å²) in [5.41, 5.74) is 2.90. The van der Waals surface area contributed by atoms with Crippen LogP contribution in [0.2, 0.25) is 0 Å². The highest BCUT2D eigenvalue weighted by molar-refractivity contribution is 9.10. The average molecular weight is 279 g/mol. The summed E-state index contributed by atoms with van der Waals surface area (Å²) in [6.07, 6.45) is 3.61. The van der Waals surface area contributed by atoms with Crippen molar-refractivity contribution in [1.82, 2.24) is 15.3 Å². The SMILES string of the molecule is Brc1cnc2c(NC3CNC3)ccnc2c1. The summed E-state index contributed by atoms with van der Waals surface area (Å²) >= 11 is 3.40. The third-order valence-corrected chi connectivity index (χ3v) is 3.12.